The molecule has 0 rings (SSSR count). The Bertz CT molecular complexity index is 11.1. The Labute approximate surface area is 52.6 Å². The van der Waals surface area contributed by atoms with Gasteiger partial charge >= 0.3 is 52.6 Å². The molecular weight excluding hydrogens is 286 g/mol. The van der Waals surface area contributed by atoms with Gasteiger partial charge in [0.05, 0.1) is 0 Å². The summed E-state index contributed by atoms with van der Waals surface area (Å²) in [6.45, 7) is 2.24. The molecule has 0 aromatic carbocycles. The molecule has 0 nitrogen and oxygen atoms in total. The SMILES string of the molecule is CCC[CH2][U]. The molecule has 0 saturated heterocycles. The van der Waals surface area contributed by atoms with Crippen molar-refractivity contribution in [1.29, 1.82) is 0 Å². The molecule has 0 aliphatic rings. The van der Waals surface area contributed by atoms with Crippen molar-refractivity contribution in [1.82, 2.24) is 0 Å². The van der Waals surface area contributed by atoms with E-state index in [0.29, 0.717) is 0 Å². The summed E-state index contributed by atoms with van der Waals surface area (Å²) >= 11 is 1.23. The Kier molecular flexibility index (Phi) is 6.11. The van der Waals surface area contributed by atoms with E-state index in [0.717, 1.165) is 0 Å². The minimum absolute atomic E-state index is 1.23. The van der Waals surface area contributed by atoms with Gasteiger partial charge in [-0.1, -0.05) is 0 Å². The van der Waals surface area contributed by atoms with Crippen LogP contribution in [-0.4, -0.2) is 0 Å². The number of hydrogen-bond donors (Lipinski definition) is 0. The first-order chi connectivity index (χ1) is 2.41. The predicted molar refractivity (Wildman–Crippen MR) is 19.7 cm³/mol. The van der Waals surface area contributed by atoms with E-state index in [-0.39, 0.29) is 0 Å². The number of hydrogen-bond acceptors (Lipinski definition) is 0. The molecule has 0 aliphatic carbocycles. The molecule has 0 fully saturated rings. The summed E-state index contributed by atoms with van der Waals surface area (Å²) < 4.78 is 1.51. The van der Waals surface area contributed by atoms with Gasteiger partial charge in [0.2, 0.25) is 0 Å². The van der Waals surface area contributed by atoms with Crippen LogP contribution in [0.5, 0.6) is 0 Å². The zero-order valence-corrected chi connectivity index (χ0v) is 7.79. The van der Waals surface area contributed by atoms with Gasteiger partial charge < -0.3 is 0 Å². The average molecular weight is 295 g/mol. The molecule has 0 spiro atoms. The Morgan fingerprint density at radius 2 is 2.20 bits per heavy atom. The fraction of sp³-hybridized carbons (Fsp3) is 1.00. The second-order valence-corrected chi connectivity index (χ2v) is 3.19. The van der Waals surface area contributed by atoms with Gasteiger partial charge in [0.15, 0.2) is 0 Å². The zero-order valence-electron chi connectivity index (χ0n) is 3.62. The summed E-state index contributed by atoms with van der Waals surface area (Å²) in [6.07, 6.45) is 2.85. The van der Waals surface area contributed by atoms with Crippen LogP contribution in [0.2, 0.25) is 3.45 Å². The van der Waals surface area contributed by atoms with Crippen molar-refractivity contribution in [2.45, 2.75) is 23.2 Å². The Morgan fingerprint density at radius 3 is 2.20 bits per heavy atom. The van der Waals surface area contributed by atoms with Crippen molar-refractivity contribution in [2.75, 3.05) is 0 Å². The summed E-state index contributed by atoms with van der Waals surface area (Å²) in [5.74, 6) is 0. The molecule has 0 aliphatic heterocycles. The molecule has 0 N–H and O–H groups in total. The van der Waals surface area contributed by atoms with Crippen molar-refractivity contribution in [3.8, 4) is 0 Å². The maximum atomic E-state index is 2.24. The summed E-state index contributed by atoms with van der Waals surface area (Å²) in [4.78, 5) is 0. The van der Waals surface area contributed by atoms with Gasteiger partial charge in [-0.25, -0.2) is 0 Å². The van der Waals surface area contributed by atoms with E-state index in [1.54, 1.807) is 0 Å². The van der Waals surface area contributed by atoms with Crippen molar-refractivity contribution in [2.24, 2.45) is 0 Å². The van der Waals surface area contributed by atoms with Gasteiger partial charge in [-0.05, 0) is 0 Å². The predicted octanol–water partition coefficient (Wildman–Crippen LogP) is 1.75. The molecule has 0 heterocycles. The number of rotatable bonds is 2. The van der Waals surface area contributed by atoms with Crippen LogP contribution in [0.15, 0.2) is 0 Å². The molecule has 0 radical (unpaired) electrons. The van der Waals surface area contributed by atoms with Crippen LogP contribution < -0.4 is 0 Å². The monoisotopic (exact) mass is 295 g/mol. The second-order valence-electron chi connectivity index (χ2n) is 1.10. The van der Waals surface area contributed by atoms with E-state index in [9.17, 15) is 0 Å². The van der Waals surface area contributed by atoms with Gasteiger partial charge in [-0.2, -0.15) is 0 Å². The normalized spacial score (nSPS) is 8.60. The number of unbranched alkanes of at least 4 members (excludes halogenated alkanes) is 1. The van der Waals surface area contributed by atoms with Crippen LogP contribution in [0.4, 0.5) is 0 Å². The van der Waals surface area contributed by atoms with Crippen LogP contribution in [0.25, 0.3) is 0 Å². The molecular formula is C4H9U. The van der Waals surface area contributed by atoms with Gasteiger partial charge in [-0.15, -0.1) is 0 Å². The van der Waals surface area contributed by atoms with E-state index in [1.165, 1.54) is 45.7 Å². The molecule has 0 amide bonds. The van der Waals surface area contributed by atoms with Crippen molar-refractivity contribution >= 4 is 0 Å². The van der Waals surface area contributed by atoms with Crippen LogP contribution in [0.1, 0.15) is 19.8 Å². The fourth-order valence-corrected chi connectivity index (χ4v) is 1.65. The van der Waals surface area contributed by atoms with Crippen LogP contribution in [-0.2, 0) is 0 Å². The maximum absolute atomic E-state index is 2.24. The van der Waals surface area contributed by atoms with Crippen LogP contribution in [0.3, 0.4) is 0 Å². The second kappa shape index (κ2) is 5.05. The molecule has 0 aromatic rings. The van der Waals surface area contributed by atoms with Gasteiger partial charge in [0.1, 0.15) is 0 Å². The van der Waals surface area contributed by atoms with Crippen molar-refractivity contribution in [3.05, 3.63) is 0 Å². The first-order valence-corrected chi connectivity index (χ1v) is 5.00. The average Bonchev–Trinajstić information content (AvgIpc) is 1.41. The van der Waals surface area contributed by atoms with E-state index in [4.69, 9.17) is 0 Å². The quantitative estimate of drug-likeness (QED) is 0.728. The van der Waals surface area contributed by atoms with Crippen molar-refractivity contribution < 1.29 is 29.4 Å². The zero-order chi connectivity index (χ0) is 4.12. The van der Waals surface area contributed by atoms with Crippen LogP contribution >= 0.6 is 0 Å². The van der Waals surface area contributed by atoms with Crippen LogP contribution in [0, 0.1) is 29.4 Å². The van der Waals surface area contributed by atoms with E-state index in [1.807, 2.05) is 0 Å². The third-order valence-electron chi connectivity index (χ3n) is 0.530. The molecule has 5 heavy (non-hydrogen) atoms. The summed E-state index contributed by atoms with van der Waals surface area (Å²) in [5, 5.41) is 0. The molecule has 29 valence electrons. The summed E-state index contributed by atoms with van der Waals surface area (Å²) in [7, 11) is 0. The fourth-order valence-electron chi connectivity index (χ4n) is 0.177. The molecule has 0 aromatic heterocycles. The first-order valence-electron chi connectivity index (χ1n) is 2.06. The minimum atomic E-state index is 1.23. The standard InChI is InChI=1S/C4H9.U/c1-3-4-2;/h1,3-4H2,2H3;. The molecule has 0 unspecified atom stereocenters. The van der Waals surface area contributed by atoms with Gasteiger partial charge in [0.25, 0.3) is 0 Å². The van der Waals surface area contributed by atoms with E-state index in [2.05, 4.69) is 6.92 Å². The van der Waals surface area contributed by atoms with E-state index >= 15 is 0 Å². The Morgan fingerprint density at radius 1 is 1.60 bits per heavy atom. The van der Waals surface area contributed by atoms with Gasteiger partial charge in [-0.3, -0.25) is 0 Å². The molecule has 0 saturated carbocycles. The third kappa shape index (κ3) is 5.05. The Hall–Kier alpha value is 1.05. The topological polar surface area (TPSA) is 0 Å². The first kappa shape index (κ1) is 6.05. The Balaban J connectivity index is 2.19. The summed E-state index contributed by atoms with van der Waals surface area (Å²) in [5.41, 5.74) is 0. The molecule has 0 atom stereocenters. The molecule has 1 heteroatoms. The summed E-state index contributed by atoms with van der Waals surface area (Å²) in [6, 6.07) is 0. The third-order valence-corrected chi connectivity index (χ3v) is 2.00. The molecule has 0 bridgehead atoms. The van der Waals surface area contributed by atoms with Gasteiger partial charge in [0, 0.05) is 0 Å². The van der Waals surface area contributed by atoms with Crippen molar-refractivity contribution in [3.63, 3.8) is 0 Å². The van der Waals surface area contributed by atoms with E-state index < -0.39 is 0 Å².